The van der Waals surface area contributed by atoms with Crippen molar-refractivity contribution in [1.82, 2.24) is 14.9 Å². The predicted molar refractivity (Wildman–Crippen MR) is 75.8 cm³/mol. The minimum Gasteiger partial charge on any atom is -0.305 e. The standard InChI is InChI=1S/C14H17F2N3S/c1-3-5-17-13(14-12(4-2)18-19-20-14)9-6-10(15)8-11(16)7-9/h6-8,13,17H,3-5H2,1-2H3. The summed E-state index contributed by atoms with van der Waals surface area (Å²) < 4.78 is 30.8. The molecule has 1 N–H and O–H groups in total. The van der Waals surface area contributed by atoms with Gasteiger partial charge in [-0.15, -0.1) is 5.10 Å². The Bertz CT molecular complexity index is 551. The van der Waals surface area contributed by atoms with Gasteiger partial charge in [-0.1, -0.05) is 18.3 Å². The lowest BCUT2D eigenvalue weighted by atomic mass is 10.0. The number of hydrogen-bond acceptors (Lipinski definition) is 4. The van der Waals surface area contributed by atoms with Crippen molar-refractivity contribution in [1.29, 1.82) is 0 Å². The Morgan fingerprint density at radius 2 is 1.90 bits per heavy atom. The lowest BCUT2D eigenvalue weighted by molar-refractivity contribution is 0.559. The summed E-state index contributed by atoms with van der Waals surface area (Å²) in [5, 5.41) is 7.39. The quantitative estimate of drug-likeness (QED) is 0.887. The van der Waals surface area contributed by atoms with Crippen molar-refractivity contribution in [3.8, 4) is 0 Å². The molecule has 108 valence electrons. The number of nitrogens with one attached hydrogen (secondary N) is 1. The fraction of sp³-hybridized carbons (Fsp3) is 0.429. The maximum absolute atomic E-state index is 13.4. The highest BCUT2D eigenvalue weighted by Gasteiger charge is 2.21. The number of nitrogens with zero attached hydrogens (tertiary/aromatic N) is 2. The van der Waals surface area contributed by atoms with E-state index in [9.17, 15) is 8.78 Å². The molecule has 1 atom stereocenters. The lowest BCUT2D eigenvalue weighted by Gasteiger charge is -2.18. The average molecular weight is 297 g/mol. The van der Waals surface area contributed by atoms with E-state index >= 15 is 0 Å². The molecule has 0 saturated carbocycles. The van der Waals surface area contributed by atoms with Crippen molar-refractivity contribution in [2.75, 3.05) is 6.54 Å². The van der Waals surface area contributed by atoms with Crippen LogP contribution in [-0.4, -0.2) is 16.1 Å². The van der Waals surface area contributed by atoms with E-state index in [0.717, 1.165) is 36.0 Å². The fourth-order valence-electron chi connectivity index (χ4n) is 2.07. The normalized spacial score (nSPS) is 12.6. The average Bonchev–Trinajstić information content (AvgIpc) is 2.86. The van der Waals surface area contributed by atoms with E-state index in [0.29, 0.717) is 5.56 Å². The molecule has 6 heteroatoms. The molecule has 1 aromatic heterocycles. The van der Waals surface area contributed by atoms with E-state index in [1.807, 2.05) is 13.8 Å². The molecule has 0 spiro atoms. The topological polar surface area (TPSA) is 37.8 Å². The molecule has 1 unspecified atom stereocenters. The second-order valence-corrected chi connectivity index (χ2v) is 5.31. The summed E-state index contributed by atoms with van der Waals surface area (Å²) in [7, 11) is 0. The zero-order valence-electron chi connectivity index (χ0n) is 11.5. The van der Waals surface area contributed by atoms with Crippen molar-refractivity contribution >= 4 is 11.5 Å². The van der Waals surface area contributed by atoms with Crippen LogP contribution in [0.5, 0.6) is 0 Å². The Morgan fingerprint density at radius 1 is 1.20 bits per heavy atom. The van der Waals surface area contributed by atoms with Crippen LogP contribution in [0.25, 0.3) is 0 Å². The minimum atomic E-state index is -0.571. The number of benzene rings is 1. The third kappa shape index (κ3) is 3.37. The van der Waals surface area contributed by atoms with Gasteiger partial charge in [0.25, 0.3) is 0 Å². The Morgan fingerprint density at radius 3 is 2.50 bits per heavy atom. The molecule has 1 aromatic carbocycles. The van der Waals surface area contributed by atoms with Gasteiger partial charge in [-0.3, -0.25) is 0 Å². The van der Waals surface area contributed by atoms with Crippen LogP contribution in [0.1, 0.15) is 42.4 Å². The molecular weight excluding hydrogens is 280 g/mol. The Kier molecular flexibility index (Phi) is 5.14. The molecule has 0 fully saturated rings. The van der Waals surface area contributed by atoms with Gasteiger partial charge in [0.2, 0.25) is 0 Å². The molecule has 0 aliphatic carbocycles. The van der Waals surface area contributed by atoms with E-state index in [2.05, 4.69) is 14.9 Å². The molecule has 0 aliphatic heterocycles. The third-order valence-electron chi connectivity index (χ3n) is 3.00. The summed E-state index contributed by atoms with van der Waals surface area (Å²) in [5.41, 5.74) is 1.44. The summed E-state index contributed by atoms with van der Waals surface area (Å²) in [5.74, 6) is -1.14. The molecule has 0 saturated heterocycles. The van der Waals surface area contributed by atoms with Crippen molar-refractivity contribution in [2.45, 2.75) is 32.7 Å². The molecule has 20 heavy (non-hydrogen) atoms. The number of aryl methyl sites for hydroxylation is 1. The molecular formula is C14H17F2N3S. The molecule has 2 rings (SSSR count). The van der Waals surface area contributed by atoms with Gasteiger partial charge in [-0.25, -0.2) is 8.78 Å². The maximum atomic E-state index is 13.4. The highest BCUT2D eigenvalue weighted by molar-refractivity contribution is 7.05. The van der Waals surface area contributed by atoms with E-state index in [1.54, 1.807) is 0 Å². The van der Waals surface area contributed by atoms with Crippen molar-refractivity contribution in [3.05, 3.63) is 46.0 Å². The number of aromatic nitrogens is 2. The fourth-order valence-corrected chi connectivity index (χ4v) is 2.92. The summed E-state index contributed by atoms with van der Waals surface area (Å²) >= 11 is 1.27. The van der Waals surface area contributed by atoms with Gasteiger partial charge in [-0.2, -0.15) is 0 Å². The zero-order valence-corrected chi connectivity index (χ0v) is 12.3. The number of rotatable bonds is 6. The van der Waals surface area contributed by atoms with E-state index in [4.69, 9.17) is 0 Å². The van der Waals surface area contributed by atoms with Gasteiger partial charge < -0.3 is 5.32 Å². The molecule has 3 nitrogen and oxygen atoms in total. The van der Waals surface area contributed by atoms with Gasteiger partial charge in [0, 0.05) is 6.07 Å². The summed E-state index contributed by atoms with van der Waals surface area (Å²) in [6.07, 6.45) is 1.68. The zero-order chi connectivity index (χ0) is 14.5. The summed E-state index contributed by atoms with van der Waals surface area (Å²) in [6, 6.07) is 3.33. The molecule has 2 aromatic rings. The van der Waals surface area contributed by atoms with Crippen molar-refractivity contribution in [3.63, 3.8) is 0 Å². The highest BCUT2D eigenvalue weighted by atomic mass is 32.1. The van der Waals surface area contributed by atoms with Crippen LogP contribution in [0, 0.1) is 11.6 Å². The predicted octanol–water partition coefficient (Wildman–Crippen LogP) is 3.47. The molecule has 0 aliphatic rings. The van der Waals surface area contributed by atoms with E-state index < -0.39 is 11.6 Å². The second-order valence-electron chi connectivity index (χ2n) is 4.53. The first-order chi connectivity index (χ1) is 9.65. The molecule has 0 radical (unpaired) electrons. The van der Waals surface area contributed by atoms with Gasteiger partial charge >= 0.3 is 0 Å². The smallest absolute Gasteiger partial charge is 0.126 e. The largest absolute Gasteiger partial charge is 0.305 e. The molecule has 0 amide bonds. The Hall–Kier alpha value is -1.40. The first kappa shape index (κ1) is 15.0. The van der Waals surface area contributed by atoms with Crippen LogP contribution in [0.4, 0.5) is 8.78 Å². The Balaban J connectivity index is 2.41. The number of hydrogen-bond donors (Lipinski definition) is 1. The van der Waals surface area contributed by atoms with Crippen LogP contribution in [-0.2, 0) is 6.42 Å². The summed E-state index contributed by atoms with van der Waals surface area (Å²) in [6.45, 7) is 4.79. The lowest BCUT2D eigenvalue weighted by Crippen LogP contribution is -2.23. The maximum Gasteiger partial charge on any atom is 0.126 e. The minimum absolute atomic E-state index is 0.268. The monoisotopic (exact) mass is 297 g/mol. The number of halogens is 2. The third-order valence-corrected chi connectivity index (χ3v) is 3.83. The molecule has 0 bridgehead atoms. The SMILES string of the molecule is CCCNC(c1cc(F)cc(F)c1)c1snnc1CC. The van der Waals surface area contributed by atoms with E-state index in [1.165, 1.54) is 23.7 Å². The second kappa shape index (κ2) is 6.85. The van der Waals surface area contributed by atoms with Crippen LogP contribution in [0.3, 0.4) is 0 Å². The van der Waals surface area contributed by atoms with Crippen LogP contribution in [0.2, 0.25) is 0 Å². The van der Waals surface area contributed by atoms with Crippen LogP contribution in [0.15, 0.2) is 18.2 Å². The van der Waals surface area contributed by atoms with Gasteiger partial charge in [-0.05, 0) is 48.6 Å². The highest BCUT2D eigenvalue weighted by Crippen LogP contribution is 2.28. The van der Waals surface area contributed by atoms with Gasteiger partial charge in [0.1, 0.15) is 11.6 Å². The van der Waals surface area contributed by atoms with Crippen LogP contribution < -0.4 is 5.32 Å². The first-order valence-corrected chi connectivity index (χ1v) is 7.43. The van der Waals surface area contributed by atoms with E-state index in [-0.39, 0.29) is 6.04 Å². The van der Waals surface area contributed by atoms with Gasteiger partial charge in [0.05, 0.1) is 16.6 Å². The Labute approximate surface area is 121 Å². The first-order valence-electron chi connectivity index (χ1n) is 6.66. The summed E-state index contributed by atoms with van der Waals surface area (Å²) in [4.78, 5) is 0.922. The van der Waals surface area contributed by atoms with Crippen molar-refractivity contribution in [2.24, 2.45) is 0 Å². The van der Waals surface area contributed by atoms with Crippen molar-refractivity contribution < 1.29 is 8.78 Å². The van der Waals surface area contributed by atoms with Crippen LogP contribution >= 0.6 is 11.5 Å². The molecule has 1 heterocycles. The van der Waals surface area contributed by atoms with Gasteiger partial charge in [0.15, 0.2) is 0 Å².